The van der Waals surface area contributed by atoms with Crippen LogP contribution in [-0.4, -0.2) is 46.5 Å². The zero-order chi connectivity index (χ0) is 23.3. The number of hydrogen-bond donors (Lipinski definition) is 4. The van der Waals surface area contributed by atoms with Crippen molar-refractivity contribution in [2.45, 2.75) is 58.1 Å². The lowest BCUT2D eigenvalue weighted by molar-refractivity contribution is -0.114. The number of aromatic nitrogens is 2. The smallest absolute Gasteiger partial charge is 0.407 e. The van der Waals surface area contributed by atoms with Gasteiger partial charge in [0.1, 0.15) is 6.10 Å². The average molecular weight is 441 g/mol. The summed E-state index contributed by atoms with van der Waals surface area (Å²) in [5, 5.41) is 15.1. The number of benzene rings is 1. The second-order valence-electron chi connectivity index (χ2n) is 8.10. The molecule has 1 heterocycles. The molecule has 0 unspecified atom stereocenters. The average Bonchev–Trinajstić information content (AvgIpc) is 3.36. The number of alkyl carbamates (subject to hydrolysis) is 1. The highest BCUT2D eigenvalue weighted by molar-refractivity contribution is 6.06. The number of carbonyl (C=O) groups is 4. The molecule has 1 aliphatic rings. The standard InChI is InChI=1S/C22H27N5O5/c1-12(2)23-22(31)32-17-7-6-14(8-17)19-10-20(27-26-19)25-21(30)15-4-5-16(11-28)18(9-15)24-13(3)29/h4-5,9-12,14,17H,6-8H2,1-3H3,(H,23,31)(H,24,29)(H2,25,26,27,30)/t14-,17+/m0/s1. The first-order valence-electron chi connectivity index (χ1n) is 10.5. The Morgan fingerprint density at radius 3 is 2.66 bits per heavy atom. The van der Waals surface area contributed by atoms with Gasteiger partial charge in [0.15, 0.2) is 12.1 Å². The Morgan fingerprint density at radius 1 is 1.19 bits per heavy atom. The topological polar surface area (TPSA) is 142 Å². The lowest BCUT2D eigenvalue weighted by Crippen LogP contribution is -2.33. The second kappa shape index (κ2) is 10.1. The van der Waals surface area contributed by atoms with Gasteiger partial charge in [0.25, 0.3) is 5.91 Å². The molecule has 170 valence electrons. The van der Waals surface area contributed by atoms with Gasteiger partial charge in [-0.05, 0) is 51.3 Å². The summed E-state index contributed by atoms with van der Waals surface area (Å²) in [6.07, 6.45) is 2.30. The molecule has 0 spiro atoms. The minimum Gasteiger partial charge on any atom is -0.446 e. The number of aromatic amines is 1. The summed E-state index contributed by atoms with van der Waals surface area (Å²) in [4.78, 5) is 46.9. The van der Waals surface area contributed by atoms with Crippen LogP contribution in [-0.2, 0) is 9.53 Å². The number of anilines is 2. The number of aldehydes is 1. The van der Waals surface area contributed by atoms with E-state index in [0.717, 1.165) is 18.5 Å². The Balaban J connectivity index is 1.61. The van der Waals surface area contributed by atoms with E-state index in [1.54, 1.807) is 6.07 Å². The van der Waals surface area contributed by atoms with Crippen molar-refractivity contribution >= 4 is 35.7 Å². The van der Waals surface area contributed by atoms with Gasteiger partial charge >= 0.3 is 6.09 Å². The minimum atomic E-state index is -0.426. The van der Waals surface area contributed by atoms with E-state index in [1.165, 1.54) is 25.1 Å². The molecule has 3 amide bonds. The fraction of sp³-hybridized carbons (Fsp3) is 0.409. The molecule has 10 heteroatoms. The Labute approximate surface area is 185 Å². The summed E-state index contributed by atoms with van der Waals surface area (Å²) in [6.45, 7) is 5.06. The van der Waals surface area contributed by atoms with Crippen molar-refractivity contribution in [2.24, 2.45) is 0 Å². The summed E-state index contributed by atoms with van der Waals surface area (Å²) in [6, 6.07) is 6.18. The lowest BCUT2D eigenvalue weighted by Gasteiger charge is -2.14. The molecule has 1 saturated carbocycles. The summed E-state index contributed by atoms with van der Waals surface area (Å²) in [5.41, 5.74) is 1.67. The van der Waals surface area contributed by atoms with Gasteiger partial charge in [-0.25, -0.2) is 4.79 Å². The predicted molar refractivity (Wildman–Crippen MR) is 118 cm³/mol. The van der Waals surface area contributed by atoms with Gasteiger partial charge in [-0.1, -0.05) is 0 Å². The molecule has 0 aliphatic heterocycles. The van der Waals surface area contributed by atoms with E-state index < -0.39 is 12.0 Å². The van der Waals surface area contributed by atoms with Gasteiger partial charge in [-0.3, -0.25) is 19.5 Å². The van der Waals surface area contributed by atoms with E-state index in [-0.39, 0.29) is 40.8 Å². The van der Waals surface area contributed by atoms with Crippen LogP contribution in [0.4, 0.5) is 16.3 Å². The van der Waals surface area contributed by atoms with Gasteiger partial charge in [-0.2, -0.15) is 5.10 Å². The number of nitrogens with one attached hydrogen (secondary N) is 4. The first kappa shape index (κ1) is 23.0. The first-order chi connectivity index (χ1) is 15.2. The van der Waals surface area contributed by atoms with Crippen LogP contribution in [0.5, 0.6) is 0 Å². The molecule has 4 N–H and O–H groups in total. The molecule has 1 aliphatic carbocycles. The monoisotopic (exact) mass is 441 g/mol. The maximum absolute atomic E-state index is 12.6. The maximum atomic E-state index is 12.6. The third-order valence-electron chi connectivity index (χ3n) is 5.10. The van der Waals surface area contributed by atoms with Crippen LogP contribution in [0, 0.1) is 0 Å². The molecule has 0 saturated heterocycles. The molecule has 1 aromatic carbocycles. The van der Waals surface area contributed by atoms with Crippen molar-refractivity contribution in [3.05, 3.63) is 41.1 Å². The van der Waals surface area contributed by atoms with E-state index in [0.29, 0.717) is 18.5 Å². The Bertz CT molecular complexity index is 1020. The molecule has 3 rings (SSSR count). The van der Waals surface area contributed by atoms with E-state index in [1.807, 2.05) is 13.8 Å². The summed E-state index contributed by atoms with van der Waals surface area (Å²) < 4.78 is 5.45. The summed E-state index contributed by atoms with van der Waals surface area (Å²) in [5.74, 6) is -0.274. The van der Waals surface area contributed by atoms with Crippen molar-refractivity contribution in [1.82, 2.24) is 15.5 Å². The SMILES string of the molecule is CC(=O)Nc1cc(C(=O)Nc2cc([C@H]3CC[C@@H](OC(=O)NC(C)C)C3)[nH]n2)ccc1C=O. The summed E-state index contributed by atoms with van der Waals surface area (Å²) >= 11 is 0. The van der Waals surface area contributed by atoms with Crippen LogP contribution in [0.25, 0.3) is 0 Å². The van der Waals surface area contributed by atoms with Crippen molar-refractivity contribution in [3.63, 3.8) is 0 Å². The van der Waals surface area contributed by atoms with Crippen LogP contribution in [0.15, 0.2) is 24.3 Å². The molecule has 1 fully saturated rings. The highest BCUT2D eigenvalue weighted by Crippen LogP contribution is 2.35. The Morgan fingerprint density at radius 2 is 1.97 bits per heavy atom. The minimum absolute atomic E-state index is 0.0161. The fourth-order valence-corrected chi connectivity index (χ4v) is 3.65. The maximum Gasteiger partial charge on any atom is 0.407 e. The van der Waals surface area contributed by atoms with Crippen LogP contribution in [0.2, 0.25) is 0 Å². The van der Waals surface area contributed by atoms with E-state index in [9.17, 15) is 19.2 Å². The van der Waals surface area contributed by atoms with Crippen LogP contribution < -0.4 is 16.0 Å². The quantitative estimate of drug-likeness (QED) is 0.486. The van der Waals surface area contributed by atoms with Crippen LogP contribution in [0.1, 0.15) is 72.4 Å². The van der Waals surface area contributed by atoms with Crippen molar-refractivity contribution in [1.29, 1.82) is 0 Å². The molecule has 0 bridgehead atoms. The van der Waals surface area contributed by atoms with Crippen molar-refractivity contribution in [2.75, 3.05) is 10.6 Å². The third kappa shape index (κ3) is 5.93. The van der Waals surface area contributed by atoms with Gasteiger partial charge in [0.2, 0.25) is 5.91 Å². The largest absolute Gasteiger partial charge is 0.446 e. The second-order valence-corrected chi connectivity index (χ2v) is 8.10. The van der Waals surface area contributed by atoms with Crippen molar-refractivity contribution in [3.8, 4) is 0 Å². The molecular weight excluding hydrogens is 414 g/mol. The first-order valence-corrected chi connectivity index (χ1v) is 10.5. The number of H-pyrrole nitrogens is 1. The number of hydrogen-bond acceptors (Lipinski definition) is 6. The van der Waals surface area contributed by atoms with Gasteiger partial charge in [0.05, 0.1) is 5.69 Å². The molecule has 0 radical (unpaired) electrons. The Kier molecular flexibility index (Phi) is 7.24. The molecule has 1 aromatic heterocycles. The fourth-order valence-electron chi connectivity index (χ4n) is 3.65. The van der Waals surface area contributed by atoms with Crippen LogP contribution in [0.3, 0.4) is 0 Å². The lowest BCUT2D eigenvalue weighted by atomic mass is 10.0. The van der Waals surface area contributed by atoms with Gasteiger partial charge < -0.3 is 20.7 Å². The zero-order valence-corrected chi connectivity index (χ0v) is 18.2. The van der Waals surface area contributed by atoms with Gasteiger partial charge in [0, 0.05) is 41.8 Å². The van der Waals surface area contributed by atoms with E-state index >= 15 is 0 Å². The Hall–Kier alpha value is -3.69. The number of carbonyl (C=O) groups excluding carboxylic acids is 4. The summed E-state index contributed by atoms with van der Waals surface area (Å²) in [7, 11) is 0. The highest BCUT2D eigenvalue weighted by Gasteiger charge is 2.30. The van der Waals surface area contributed by atoms with E-state index in [2.05, 4.69) is 26.1 Å². The predicted octanol–water partition coefficient (Wildman–Crippen LogP) is 3.20. The molecule has 10 nitrogen and oxygen atoms in total. The zero-order valence-electron chi connectivity index (χ0n) is 18.2. The number of amides is 3. The third-order valence-corrected chi connectivity index (χ3v) is 5.10. The molecule has 2 aromatic rings. The van der Waals surface area contributed by atoms with Crippen LogP contribution >= 0.6 is 0 Å². The van der Waals surface area contributed by atoms with Crippen molar-refractivity contribution < 1.29 is 23.9 Å². The normalized spacial score (nSPS) is 17.6. The number of rotatable bonds is 7. The highest BCUT2D eigenvalue weighted by atomic mass is 16.6. The number of ether oxygens (including phenoxy) is 1. The van der Waals surface area contributed by atoms with Gasteiger partial charge in [-0.15, -0.1) is 0 Å². The van der Waals surface area contributed by atoms with E-state index in [4.69, 9.17) is 4.74 Å². The molecule has 32 heavy (non-hydrogen) atoms. The molecule has 2 atom stereocenters. The number of nitrogens with zero attached hydrogens (tertiary/aromatic N) is 1. The molecular formula is C22H27N5O5.